The number of fused-ring (bicyclic) bond motifs is 3. The number of aromatic amines is 1. The molecular formula is C34H29N3O6. The Morgan fingerprint density at radius 3 is 2.60 bits per heavy atom. The van der Waals surface area contributed by atoms with Gasteiger partial charge in [0, 0.05) is 35.0 Å². The average Bonchev–Trinajstić information content (AvgIpc) is 3.38. The second kappa shape index (κ2) is 11.1. The molecule has 43 heavy (non-hydrogen) atoms. The van der Waals surface area contributed by atoms with Crippen LogP contribution in [0.25, 0.3) is 44.0 Å². The second-order valence-electron chi connectivity index (χ2n) is 11.2. The van der Waals surface area contributed by atoms with E-state index in [1.54, 1.807) is 39.1 Å². The van der Waals surface area contributed by atoms with Gasteiger partial charge in [-0.3, -0.25) is 4.79 Å². The summed E-state index contributed by atoms with van der Waals surface area (Å²) in [6.45, 7) is 5.22. The lowest BCUT2D eigenvalue weighted by Gasteiger charge is -2.23. The Morgan fingerprint density at radius 2 is 1.77 bits per heavy atom. The fourth-order valence-electron chi connectivity index (χ4n) is 4.92. The van der Waals surface area contributed by atoms with Gasteiger partial charge in [0.1, 0.15) is 29.2 Å². The number of aromatic nitrogens is 2. The number of hydrogen-bond donors (Lipinski definition) is 2. The third-order valence-corrected chi connectivity index (χ3v) is 6.91. The maximum Gasteiger partial charge on any atom is 0.408 e. The van der Waals surface area contributed by atoms with Crippen molar-refractivity contribution in [2.24, 2.45) is 0 Å². The molecule has 3 aromatic carbocycles. The summed E-state index contributed by atoms with van der Waals surface area (Å²) < 4.78 is 16.9. The van der Waals surface area contributed by atoms with Crippen LogP contribution in [0.4, 0.5) is 4.79 Å². The van der Waals surface area contributed by atoms with E-state index in [-0.39, 0.29) is 23.2 Å². The number of alkyl carbamates (subject to hydrolysis) is 1. The zero-order valence-corrected chi connectivity index (χ0v) is 23.8. The number of nitrogens with one attached hydrogen (secondary N) is 2. The highest BCUT2D eigenvalue weighted by atomic mass is 16.6. The average molecular weight is 576 g/mol. The van der Waals surface area contributed by atoms with Crippen molar-refractivity contribution < 1.29 is 23.5 Å². The highest BCUT2D eigenvalue weighted by Crippen LogP contribution is 2.25. The smallest absolute Gasteiger partial charge is 0.408 e. The van der Waals surface area contributed by atoms with E-state index in [1.807, 2.05) is 54.6 Å². The topological polar surface area (TPSA) is 124 Å². The van der Waals surface area contributed by atoms with Crippen LogP contribution in [0.2, 0.25) is 0 Å². The van der Waals surface area contributed by atoms with Gasteiger partial charge in [-0.2, -0.15) is 0 Å². The SMILES string of the molecule is CC(C)(C)OC(=O)N[C@@H](Cc1c[nH]c2ccccc12)C(=O)Oc1ccc2c(=O)c(-c3ccc4ccccc4n3)coc2c1. The van der Waals surface area contributed by atoms with E-state index in [0.717, 1.165) is 27.4 Å². The van der Waals surface area contributed by atoms with Crippen LogP contribution in [-0.4, -0.2) is 33.7 Å². The molecule has 6 aromatic rings. The molecule has 0 aliphatic carbocycles. The molecule has 1 atom stereocenters. The predicted octanol–water partition coefficient (Wildman–Crippen LogP) is 6.53. The summed E-state index contributed by atoms with van der Waals surface area (Å²) in [7, 11) is 0. The minimum atomic E-state index is -1.06. The number of rotatable bonds is 6. The van der Waals surface area contributed by atoms with E-state index in [0.29, 0.717) is 16.6 Å². The monoisotopic (exact) mass is 575 g/mol. The molecular weight excluding hydrogens is 546 g/mol. The van der Waals surface area contributed by atoms with Crippen LogP contribution >= 0.6 is 0 Å². The molecule has 9 nitrogen and oxygen atoms in total. The predicted molar refractivity (Wildman–Crippen MR) is 164 cm³/mol. The number of amides is 1. The van der Waals surface area contributed by atoms with Crippen LogP contribution in [0.5, 0.6) is 5.75 Å². The van der Waals surface area contributed by atoms with Crippen molar-refractivity contribution in [3.05, 3.63) is 107 Å². The molecule has 0 bridgehead atoms. The van der Waals surface area contributed by atoms with Gasteiger partial charge in [0.05, 0.1) is 22.2 Å². The van der Waals surface area contributed by atoms with Gasteiger partial charge < -0.3 is 24.2 Å². The Bertz CT molecular complexity index is 2050. The van der Waals surface area contributed by atoms with Crippen LogP contribution in [0.3, 0.4) is 0 Å². The molecule has 0 aliphatic heterocycles. The highest BCUT2D eigenvalue weighted by Gasteiger charge is 2.27. The largest absolute Gasteiger partial charge is 0.463 e. The lowest BCUT2D eigenvalue weighted by Crippen LogP contribution is -2.46. The Balaban J connectivity index is 1.26. The van der Waals surface area contributed by atoms with Crippen LogP contribution in [0.15, 0.2) is 101 Å². The van der Waals surface area contributed by atoms with Gasteiger partial charge in [-0.1, -0.05) is 42.5 Å². The van der Waals surface area contributed by atoms with Gasteiger partial charge in [0.15, 0.2) is 0 Å². The van der Waals surface area contributed by atoms with Crippen molar-refractivity contribution in [1.82, 2.24) is 15.3 Å². The Morgan fingerprint density at radius 1 is 0.977 bits per heavy atom. The fraction of sp³-hybridized carbons (Fsp3) is 0.176. The molecule has 216 valence electrons. The van der Waals surface area contributed by atoms with Gasteiger partial charge in [0.25, 0.3) is 0 Å². The molecule has 0 spiro atoms. The maximum atomic E-state index is 13.4. The Kier molecular flexibility index (Phi) is 7.15. The zero-order chi connectivity index (χ0) is 30.1. The molecule has 3 heterocycles. The third kappa shape index (κ3) is 5.97. The summed E-state index contributed by atoms with van der Waals surface area (Å²) in [6.07, 6.45) is 2.58. The van der Waals surface area contributed by atoms with Crippen molar-refractivity contribution in [2.45, 2.75) is 38.8 Å². The van der Waals surface area contributed by atoms with Crippen LogP contribution in [-0.2, 0) is 16.0 Å². The Labute approximate surface area is 246 Å². The molecule has 6 rings (SSSR count). The number of esters is 1. The van der Waals surface area contributed by atoms with E-state index in [2.05, 4.69) is 15.3 Å². The van der Waals surface area contributed by atoms with E-state index in [1.165, 1.54) is 18.4 Å². The van der Waals surface area contributed by atoms with E-state index < -0.39 is 23.7 Å². The lowest BCUT2D eigenvalue weighted by molar-refractivity contribution is -0.136. The maximum absolute atomic E-state index is 13.4. The quantitative estimate of drug-likeness (QED) is 0.171. The number of benzene rings is 3. The summed E-state index contributed by atoms with van der Waals surface area (Å²) in [4.78, 5) is 47.2. The molecule has 0 unspecified atom stereocenters. The molecule has 0 saturated carbocycles. The first-order chi connectivity index (χ1) is 20.6. The Hall–Kier alpha value is -5.44. The minimum absolute atomic E-state index is 0.159. The molecule has 1 amide bonds. The lowest BCUT2D eigenvalue weighted by atomic mass is 10.1. The molecule has 0 aliphatic rings. The standard InChI is InChI=1S/C34H29N3O6/c1-34(2,3)43-33(40)37-29(16-21-18-35-27-11-7-5-9-23(21)27)32(39)42-22-13-14-24-30(17-22)41-19-25(31(24)38)28-15-12-20-8-4-6-10-26(20)36-28/h4-15,17-19,29,35H,16H2,1-3H3,(H,37,40)/t29-/m0/s1. The van der Waals surface area contributed by atoms with Crippen LogP contribution in [0, 0.1) is 0 Å². The summed E-state index contributed by atoms with van der Waals surface area (Å²) in [5, 5.41) is 4.86. The number of nitrogens with zero attached hydrogens (tertiary/aromatic N) is 1. The number of para-hydroxylation sites is 2. The van der Waals surface area contributed by atoms with Crippen molar-refractivity contribution in [3.63, 3.8) is 0 Å². The number of carbonyl (C=O) groups is 2. The highest BCUT2D eigenvalue weighted by molar-refractivity contribution is 5.88. The van der Waals surface area contributed by atoms with Gasteiger partial charge >= 0.3 is 12.1 Å². The number of pyridine rings is 1. The number of carbonyl (C=O) groups excluding carboxylic acids is 2. The summed E-state index contributed by atoms with van der Waals surface area (Å²) in [5.74, 6) is -0.540. The molecule has 9 heteroatoms. The fourth-order valence-corrected chi connectivity index (χ4v) is 4.92. The summed E-state index contributed by atoms with van der Waals surface area (Å²) >= 11 is 0. The molecule has 0 fully saturated rings. The zero-order valence-electron chi connectivity index (χ0n) is 23.8. The molecule has 0 radical (unpaired) electrons. The van der Waals surface area contributed by atoms with Gasteiger partial charge in [-0.15, -0.1) is 0 Å². The van der Waals surface area contributed by atoms with Crippen molar-refractivity contribution in [2.75, 3.05) is 0 Å². The van der Waals surface area contributed by atoms with Gasteiger partial charge in [-0.25, -0.2) is 14.6 Å². The first-order valence-electron chi connectivity index (χ1n) is 13.8. The summed E-state index contributed by atoms with van der Waals surface area (Å²) in [6, 6.07) is 22.5. The van der Waals surface area contributed by atoms with Crippen molar-refractivity contribution in [1.29, 1.82) is 0 Å². The minimum Gasteiger partial charge on any atom is -0.463 e. The number of ether oxygens (including phenoxy) is 2. The number of hydrogen-bond acceptors (Lipinski definition) is 7. The molecule has 0 saturated heterocycles. The second-order valence-corrected chi connectivity index (χ2v) is 11.2. The molecule has 2 N–H and O–H groups in total. The van der Waals surface area contributed by atoms with E-state index >= 15 is 0 Å². The first kappa shape index (κ1) is 27.7. The summed E-state index contributed by atoms with van der Waals surface area (Å²) in [5.41, 5.74) is 2.55. The number of H-pyrrole nitrogens is 1. The van der Waals surface area contributed by atoms with Crippen molar-refractivity contribution >= 4 is 44.8 Å². The van der Waals surface area contributed by atoms with Gasteiger partial charge in [-0.05, 0) is 56.7 Å². The van der Waals surface area contributed by atoms with Crippen LogP contribution in [0.1, 0.15) is 26.3 Å². The van der Waals surface area contributed by atoms with E-state index in [4.69, 9.17) is 13.9 Å². The van der Waals surface area contributed by atoms with E-state index in [9.17, 15) is 14.4 Å². The first-order valence-corrected chi connectivity index (χ1v) is 13.8. The van der Waals surface area contributed by atoms with Crippen molar-refractivity contribution in [3.8, 4) is 17.0 Å². The molecule has 3 aromatic heterocycles. The third-order valence-electron chi connectivity index (χ3n) is 6.91. The van der Waals surface area contributed by atoms with Crippen LogP contribution < -0.4 is 15.5 Å². The van der Waals surface area contributed by atoms with Gasteiger partial charge in [0.2, 0.25) is 5.43 Å². The normalized spacial score (nSPS) is 12.3.